The van der Waals surface area contributed by atoms with Gasteiger partial charge in [-0.2, -0.15) is 0 Å². The number of carbonyl (C=O) groups is 2. The van der Waals surface area contributed by atoms with E-state index >= 15 is 0 Å². The topological polar surface area (TPSA) is 79.5 Å². The highest BCUT2D eigenvalue weighted by Crippen LogP contribution is 2.44. The molecule has 3 N–H and O–H groups in total. The van der Waals surface area contributed by atoms with E-state index in [0.717, 1.165) is 32.4 Å². The first kappa shape index (κ1) is 19.5. The van der Waals surface area contributed by atoms with Gasteiger partial charge in [0.05, 0.1) is 18.2 Å². The molecular weight excluding hydrogens is 342 g/mol. The second kappa shape index (κ2) is 8.06. The van der Waals surface area contributed by atoms with Crippen LogP contribution in [-0.4, -0.2) is 32.0 Å². The minimum Gasteiger partial charge on any atom is -0.494 e. The number of nitrogens with one attached hydrogen (secondary N) is 3. The van der Waals surface area contributed by atoms with Crippen molar-refractivity contribution in [2.75, 3.05) is 30.8 Å². The SMILES string of the molecule is COc1cc(NC(=O)[C@@]23CCCC[C@H]2CNC3)ccc1NC(C)=O.Cl. The summed E-state index contributed by atoms with van der Waals surface area (Å²) in [5.74, 6) is 0.884. The number of carbonyl (C=O) groups excluding carboxylic acids is 2. The van der Waals surface area contributed by atoms with E-state index in [1.54, 1.807) is 25.3 Å². The minimum atomic E-state index is -0.290. The zero-order valence-corrected chi connectivity index (χ0v) is 15.5. The maximum atomic E-state index is 13.0. The molecule has 0 unspecified atom stereocenters. The zero-order valence-electron chi connectivity index (χ0n) is 14.7. The van der Waals surface area contributed by atoms with Crippen LogP contribution < -0.4 is 20.7 Å². The number of amides is 2. The Bertz CT molecular complexity index is 652. The number of hydrogen-bond donors (Lipinski definition) is 3. The molecule has 0 spiro atoms. The molecule has 1 aromatic rings. The van der Waals surface area contributed by atoms with Crippen LogP contribution in [0.4, 0.5) is 11.4 Å². The fraction of sp³-hybridized carbons (Fsp3) is 0.556. The van der Waals surface area contributed by atoms with Crippen LogP contribution in [0.3, 0.4) is 0 Å². The number of benzene rings is 1. The van der Waals surface area contributed by atoms with Crippen LogP contribution in [0.15, 0.2) is 18.2 Å². The predicted octanol–water partition coefficient (Wildman–Crippen LogP) is 2.79. The highest BCUT2D eigenvalue weighted by atomic mass is 35.5. The van der Waals surface area contributed by atoms with Crippen LogP contribution in [0, 0.1) is 11.3 Å². The average Bonchev–Trinajstić information content (AvgIpc) is 3.01. The van der Waals surface area contributed by atoms with Crippen molar-refractivity contribution in [1.29, 1.82) is 0 Å². The van der Waals surface area contributed by atoms with Gasteiger partial charge in [0.1, 0.15) is 5.75 Å². The van der Waals surface area contributed by atoms with Gasteiger partial charge in [0.2, 0.25) is 11.8 Å². The molecule has 2 amide bonds. The molecule has 1 aliphatic carbocycles. The standard InChI is InChI=1S/C18H25N3O3.ClH/c1-12(22)20-15-7-6-14(9-16(15)24-2)21-17(23)18-8-4-3-5-13(18)10-19-11-18;/h6-7,9,13,19H,3-5,8,10-11H2,1-2H3,(H,20,22)(H,21,23);1H/t13-,18+;/m0./s1. The molecule has 6 nitrogen and oxygen atoms in total. The third kappa shape index (κ3) is 3.90. The first-order chi connectivity index (χ1) is 11.5. The molecule has 1 aromatic carbocycles. The summed E-state index contributed by atoms with van der Waals surface area (Å²) >= 11 is 0. The highest BCUT2D eigenvalue weighted by Gasteiger charge is 2.49. The lowest BCUT2D eigenvalue weighted by Gasteiger charge is -2.37. The Balaban J connectivity index is 0.00000225. The third-order valence-corrected chi connectivity index (χ3v) is 5.26. The maximum Gasteiger partial charge on any atom is 0.232 e. The first-order valence-electron chi connectivity index (χ1n) is 8.53. The lowest BCUT2D eigenvalue weighted by molar-refractivity contribution is -0.128. The molecule has 1 saturated heterocycles. The summed E-state index contributed by atoms with van der Waals surface area (Å²) < 4.78 is 5.32. The van der Waals surface area contributed by atoms with Crippen LogP contribution in [-0.2, 0) is 9.59 Å². The smallest absolute Gasteiger partial charge is 0.232 e. The summed E-state index contributed by atoms with van der Waals surface area (Å²) in [5.41, 5.74) is 0.998. The van der Waals surface area contributed by atoms with Crippen molar-refractivity contribution in [2.45, 2.75) is 32.6 Å². The molecule has 2 aliphatic rings. The van der Waals surface area contributed by atoms with Gasteiger partial charge in [-0.25, -0.2) is 0 Å². The molecule has 2 fully saturated rings. The lowest BCUT2D eigenvalue weighted by atomic mass is 9.67. The molecular formula is C18H26ClN3O3. The number of anilines is 2. The van der Waals surface area contributed by atoms with Gasteiger partial charge in [0.15, 0.2) is 0 Å². The monoisotopic (exact) mass is 367 g/mol. The van der Waals surface area contributed by atoms with Crippen molar-refractivity contribution in [2.24, 2.45) is 11.3 Å². The Hall–Kier alpha value is -1.79. The molecule has 0 radical (unpaired) electrons. The summed E-state index contributed by atoms with van der Waals surface area (Å²) in [4.78, 5) is 24.2. The Morgan fingerprint density at radius 3 is 2.80 bits per heavy atom. The number of rotatable bonds is 4. The van der Waals surface area contributed by atoms with Crippen LogP contribution in [0.5, 0.6) is 5.75 Å². The van der Waals surface area contributed by atoms with Crippen molar-refractivity contribution < 1.29 is 14.3 Å². The van der Waals surface area contributed by atoms with Gasteiger partial charge < -0.3 is 20.7 Å². The lowest BCUT2D eigenvalue weighted by Crippen LogP contribution is -2.44. The van der Waals surface area contributed by atoms with E-state index in [9.17, 15) is 9.59 Å². The number of hydrogen-bond acceptors (Lipinski definition) is 4. The number of ether oxygens (including phenoxy) is 1. The summed E-state index contributed by atoms with van der Waals surface area (Å²) in [7, 11) is 1.54. The van der Waals surface area contributed by atoms with Gasteiger partial charge in [-0.05, 0) is 37.4 Å². The van der Waals surface area contributed by atoms with Gasteiger partial charge in [-0.1, -0.05) is 12.8 Å². The van der Waals surface area contributed by atoms with Crippen LogP contribution in [0.2, 0.25) is 0 Å². The number of fused-ring (bicyclic) bond motifs is 1. The first-order valence-corrected chi connectivity index (χ1v) is 8.53. The second-order valence-corrected chi connectivity index (χ2v) is 6.78. The normalized spacial score (nSPS) is 24.6. The summed E-state index contributed by atoms with van der Waals surface area (Å²) in [5, 5.41) is 9.17. The fourth-order valence-corrected chi connectivity index (χ4v) is 4.01. The van der Waals surface area contributed by atoms with Gasteiger partial charge in [0, 0.05) is 25.2 Å². The summed E-state index contributed by atoms with van der Waals surface area (Å²) in [6.07, 6.45) is 4.37. The second-order valence-electron chi connectivity index (χ2n) is 6.78. The molecule has 7 heteroatoms. The average molecular weight is 368 g/mol. The van der Waals surface area contributed by atoms with Gasteiger partial charge in [-0.15, -0.1) is 12.4 Å². The molecule has 0 bridgehead atoms. The van der Waals surface area contributed by atoms with E-state index in [-0.39, 0.29) is 29.6 Å². The molecule has 138 valence electrons. The van der Waals surface area contributed by atoms with E-state index in [1.807, 2.05) is 0 Å². The highest BCUT2D eigenvalue weighted by molar-refractivity contribution is 5.97. The largest absolute Gasteiger partial charge is 0.494 e. The van der Waals surface area contributed by atoms with Gasteiger partial charge in [0.25, 0.3) is 0 Å². The van der Waals surface area contributed by atoms with E-state index in [0.29, 0.717) is 23.0 Å². The zero-order chi connectivity index (χ0) is 17.2. The summed E-state index contributed by atoms with van der Waals surface area (Å²) in [6, 6.07) is 5.29. The quantitative estimate of drug-likeness (QED) is 0.764. The van der Waals surface area contributed by atoms with Crippen LogP contribution in [0.1, 0.15) is 32.6 Å². The summed E-state index contributed by atoms with van der Waals surface area (Å²) in [6.45, 7) is 3.13. The number of methoxy groups -OCH3 is 1. The third-order valence-electron chi connectivity index (χ3n) is 5.26. The molecule has 1 saturated carbocycles. The van der Waals surface area contributed by atoms with Crippen molar-refractivity contribution in [3.63, 3.8) is 0 Å². The molecule has 1 heterocycles. The van der Waals surface area contributed by atoms with Crippen molar-refractivity contribution in [1.82, 2.24) is 5.32 Å². The van der Waals surface area contributed by atoms with Gasteiger partial charge >= 0.3 is 0 Å². The Morgan fingerprint density at radius 2 is 2.08 bits per heavy atom. The van der Waals surface area contributed by atoms with Crippen molar-refractivity contribution in [3.8, 4) is 5.75 Å². The number of halogens is 1. The predicted molar refractivity (Wildman–Crippen MR) is 100 cm³/mol. The van der Waals surface area contributed by atoms with Crippen molar-refractivity contribution in [3.05, 3.63) is 18.2 Å². The Morgan fingerprint density at radius 1 is 1.28 bits per heavy atom. The van der Waals surface area contributed by atoms with E-state index < -0.39 is 0 Å². The van der Waals surface area contributed by atoms with E-state index in [2.05, 4.69) is 16.0 Å². The van der Waals surface area contributed by atoms with Crippen LogP contribution in [0.25, 0.3) is 0 Å². The molecule has 1 aliphatic heterocycles. The fourth-order valence-electron chi connectivity index (χ4n) is 4.01. The van der Waals surface area contributed by atoms with E-state index in [4.69, 9.17) is 4.74 Å². The minimum absolute atomic E-state index is 0. The molecule has 0 aromatic heterocycles. The van der Waals surface area contributed by atoms with Crippen LogP contribution >= 0.6 is 12.4 Å². The Labute approximate surface area is 154 Å². The maximum absolute atomic E-state index is 13.0. The molecule has 3 rings (SSSR count). The molecule has 2 atom stereocenters. The Kier molecular flexibility index (Phi) is 6.30. The van der Waals surface area contributed by atoms with Gasteiger partial charge in [-0.3, -0.25) is 9.59 Å². The van der Waals surface area contributed by atoms with Crippen molar-refractivity contribution >= 4 is 35.6 Å². The van der Waals surface area contributed by atoms with E-state index in [1.165, 1.54) is 13.3 Å². The molecule has 25 heavy (non-hydrogen) atoms.